The minimum absolute atomic E-state index is 0. The average molecular weight is 165 g/mol. The van der Waals surface area contributed by atoms with Gasteiger partial charge in [-0.2, -0.15) is 0 Å². The molecule has 0 aliphatic rings. The summed E-state index contributed by atoms with van der Waals surface area (Å²) in [6.45, 7) is 0. The Labute approximate surface area is 39.9 Å². The zero-order valence-corrected chi connectivity index (χ0v) is 4.62. The van der Waals surface area contributed by atoms with Crippen LogP contribution in [-0.2, 0) is 0 Å². The number of rotatable bonds is 0. The van der Waals surface area contributed by atoms with Gasteiger partial charge in [0.1, 0.15) is 0 Å². The third kappa shape index (κ3) is 80.0. The molecule has 4 radical (unpaired) electrons. The van der Waals surface area contributed by atoms with E-state index in [-0.39, 0.29) is 23.9 Å². The third-order valence-corrected chi connectivity index (χ3v) is 0. The Balaban J connectivity index is 0. The van der Waals surface area contributed by atoms with Crippen LogP contribution in [0, 0.1) is 10.1 Å². The topological polar surface area (TPSA) is 52.5 Å². The summed E-state index contributed by atoms with van der Waals surface area (Å²) >= 11 is 0. The van der Waals surface area contributed by atoms with Gasteiger partial charge in [-0.3, -0.25) is 0 Å². The molecule has 0 aromatic heterocycles. The molecule has 0 aromatic rings. The molecule has 3 nitrogen and oxygen atoms in total. The summed E-state index contributed by atoms with van der Waals surface area (Å²) in [5.74, 6) is 0. The standard InChI is InChI=1S/HNO2.Sn/c2-1-3;/h(H,2,3);/p-1. The Kier molecular flexibility index (Phi) is 23.9. The van der Waals surface area contributed by atoms with Crippen LogP contribution in [0.1, 0.15) is 0 Å². The molecular formula is NO2Sn-. The van der Waals surface area contributed by atoms with Crippen LogP contribution in [0.4, 0.5) is 0 Å². The molecule has 0 aliphatic heterocycles. The molecule has 0 saturated carbocycles. The minimum atomic E-state index is 0. The average Bonchev–Trinajstić information content (AvgIpc) is 0.918. The predicted octanol–water partition coefficient (Wildman–Crippen LogP) is -0.130. The Hall–Kier alpha value is 0.199. The summed E-state index contributed by atoms with van der Waals surface area (Å²) in [6.07, 6.45) is 0. The van der Waals surface area contributed by atoms with Crippen LogP contribution >= 0.6 is 0 Å². The molecule has 4 heavy (non-hydrogen) atoms. The predicted molar refractivity (Wildman–Crippen MR) is 14.9 cm³/mol. The van der Waals surface area contributed by atoms with Crippen molar-refractivity contribution >= 4 is 23.9 Å². The normalized spacial score (nSPS) is 3.00. The molecule has 0 fully saturated rings. The van der Waals surface area contributed by atoms with Crippen LogP contribution in [-0.4, -0.2) is 23.9 Å². The fourth-order valence-corrected chi connectivity index (χ4v) is 0. The van der Waals surface area contributed by atoms with Gasteiger partial charge >= 0.3 is 0 Å². The van der Waals surface area contributed by atoms with Gasteiger partial charge in [-0.25, -0.2) is 0 Å². The van der Waals surface area contributed by atoms with Crippen molar-refractivity contribution in [2.24, 2.45) is 5.34 Å². The zero-order chi connectivity index (χ0) is 2.71. The molecule has 0 amide bonds. The van der Waals surface area contributed by atoms with E-state index in [4.69, 9.17) is 10.1 Å². The number of nitrogens with zero attached hydrogens (tertiary/aromatic N) is 1. The van der Waals surface area contributed by atoms with E-state index in [1.165, 1.54) is 0 Å². The van der Waals surface area contributed by atoms with Gasteiger partial charge in [0.2, 0.25) is 0 Å². The van der Waals surface area contributed by atoms with Gasteiger partial charge in [0.05, 0.1) is 0 Å². The molecule has 0 heterocycles. The van der Waals surface area contributed by atoms with Gasteiger partial charge in [-0.15, -0.1) is 5.34 Å². The molecule has 0 bridgehead atoms. The second kappa shape index (κ2) is 10.8. The first kappa shape index (κ1) is 8.89. The monoisotopic (exact) mass is 166 g/mol. The molecule has 0 atom stereocenters. The van der Waals surface area contributed by atoms with E-state index in [0.717, 1.165) is 5.34 Å². The molecule has 0 rings (SSSR count). The third-order valence-electron chi connectivity index (χ3n) is 0. The zero-order valence-electron chi connectivity index (χ0n) is 1.76. The maximum atomic E-state index is 8.00. The van der Waals surface area contributed by atoms with Crippen molar-refractivity contribution in [1.82, 2.24) is 0 Å². The maximum absolute atomic E-state index is 8.00. The summed E-state index contributed by atoms with van der Waals surface area (Å²) in [5.41, 5.74) is 0. The summed E-state index contributed by atoms with van der Waals surface area (Å²) < 4.78 is 0. The quantitative estimate of drug-likeness (QED) is 0.285. The smallest absolute Gasteiger partial charge is 0 e. The van der Waals surface area contributed by atoms with E-state index in [1.807, 2.05) is 0 Å². The molecule has 0 aromatic carbocycles. The Morgan fingerprint density at radius 1 is 1.75 bits per heavy atom. The van der Waals surface area contributed by atoms with Gasteiger partial charge in [-0.05, 0) is 0 Å². The van der Waals surface area contributed by atoms with E-state index >= 15 is 0 Å². The van der Waals surface area contributed by atoms with E-state index in [1.54, 1.807) is 0 Å². The molecule has 0 N–H and O–H groups in total. The molecule has 4 heteroatoms. The van der Waals surface area contributed by atoms with E-state index in [2.05, 4.69) is 0 Å². The fraction of sp³-hybridized carbons (Fsp3) is 0. The largest absolute Gasteiger partial charge is 0.444 e. The first-order valence-electron chi connectivity index (χ1n) is 0.365. The van der Waals surface area contributed by atoms with Crippen molar-refractivity contribution in [3.8, 4) is 0 Å². The van der Waals surface area contributed by atoms with Crippen LogP contribution in [0.3, 0.4) is 0 Å². The SMILES string of the molecule is O=N[O-].[Sn]. The molecular weight excluding hydrogens is 165 g/mol. The van der Waals surface area contributed by atoms with E-state index < -0.39 is 0 Å². The maximum Gasteiger partial charge on any atom is 0 e. The number of hydrogen-bond acceptors (Lipinski definition) is 3. The van der Waals surface area contributed by atoms with Crippen molar-refractivity contribution in [2.75, 3.05) is 0 Å². The van der Waals surface area contributed by atoms with Gasteiger partial charge in [0.15, 0.2) is 0 Å². The van der Waals surface area contributed by atoms with Crippen LogP contribution < -0.4 is 0 Å². The van der Waals surface area contributed by atoms with Crippen molar-refractivity contribution in [1.29, 1.82) is 0 Å². The summed E-state index contributed by atoms with van der Waals surface area (Å²) in [7, 11) is 0. The summed E-state index contributed by atoms with van der Waals surface area (Å²) in [4.78, 5) is 8.00. The minimum Gasteiger partial charge on any atom is -0.444 e. The molecule has 0 spiro atoms. The second-order valence-electron chi connectivity index (χ2n) is 0.0745. The van der Waals surface area contributed by atoms with E-state index in [9.17, 15) is 0 Å². The first-order valence-corrected chi connectivity index (χ1v) is 0.365. The fourth-order valence-electron chi connectivity index (χ4n) is 0. The van der Waals surface area contributed by atoms with Crippen molar-refractivity contribution in [3.63, 3.8) is 0 Å². The molecule has 0 unspecified atom stereocenters. The van der Waals surface area contributed by atoms with Crippen LogP contribution in [0.15, 0.2) is 5.34 Å². The van der Waals surface area contributed by atoms with Crippen molar-refractivity contribution < 1.29 is 0 Å². The van der Waals surface area contributed by atoms with Crippen molar-refractivity contribution in [2.45, 2.75) is 0 Å². The molecule has 22 valence electrons. The van der Waals surface area contributed by atoms with Crippen LogP contribution in [0.2, 0.25) is 0 Å². The number of hydrogen-bond donors (Lipinski definition) is 0. The van der Waals surface area contributed by atoms with Crippen LogP contribution in [0.25, 0.3) is 0 Å². The Bertz CT molecular complexity index is 13.5. The Morgan fingerprint density at radius 2 is 1.75 bits per heavy atom. The Morgan fingerprint density at radius 3 is 1.75 bits per heavy atom. The summed E-state index contributed by atoms with van der Waals surface area (Å²) in [5, 5.41) is 9.00. The van der Waals surface area contributed by atoms with Gasteiger partial charge in [0.25, 0.3) is 0 Å². The second-order valence-corrected chi connectivity index (χ2v) is 0.0745. The van der Waals surface area contributed by atoms with Crippen LogP contribution in [0.5, 0.6) is 0 Å². The van der Waals surface area contributed by atoms with Gasteiger partial charge in [-0.1, -0.05) is 0 Å². The van der Waals surface area contributed by atoms with Crippen molar-refractivity contribution in [3.05, 3.63) is 10.1 Å². The van der Waals surface area contributed by atoms with E-state index in [0.29, 0.717) is 0 Å². The molecule has 0 aliphatic carbocycles. The van der Waals surface area contributed by atoms with Gasteiger partial charge < -0.3 is 10.1 Å². The summed E-state index contributed by atoms with van der Waals surface area (Å²) in [6, 6.07) is 0. The first-order chi connectivity index (χ1) is 1.41. The molecule has 0 saturated heterocycles. The van der Waals surface area contributed by atoms with Gasteiger partial charge in [0, 0.05) is 23.9 Å².